The molecule has 5 rings (SSSR count). The quantitative estimate of drug-likeness (QED) is 0.234. The second-order valence-corrected chi connectivity index (χ2v) is 10.2. The van der Waals surface area contributed by atoms with Crippen molar-refractivity contribution < 1.29 is 28.3 Å². The molecule has 0 aliphatic carbocycles. The Morgan fingerprint density at radius 2 is 1.46 bits per heavy atom. The van der Waals surface area contributed by atoms with Gasteiger partial charge in [0, 0.05) is 5.56 Å². The molecule has 0 amide bonds. The molecule has 3 N–H and O–H groups in total. The molecule has 0 saturated carbocycles. The maximum atomic E-state index is 13.7. The predicted octanol–water partition coefficient (Wildman–Crippen LogP) is 5.79. The third kappa shape index (κ3) is 7.47. The number of hydrogen-bond donors (Lipinski definition) is 3. The van der Waals surface area contributed by atoms with Crippen molar-refractivity contribution in [3.05, 3.63) is 62.0 Å². The van der Waals surface area contributed by atoms with E-state index in [1.54, 1.807) is 26.0 Å². The Balaban J connectivity index is 0.000000224. The lowest BCUT2D eigenvalue weighted by Gasteiger charge is -2.17. The molecular formula is C24H26F2N4O5S2. The number of benzene rings is 2. The van der Waals surface area contributed by atoms with Gasteiger partial charge in [-0.1, -0.05) is 19.0 Å². The molecule has 0 bridgehead atoms. The molecule has 0 atom stereocenters. The van der Waals surface area contributed by atoms with Crippen molar-refractivity contribution in [2.45, 2.75) is 47.1 Å². The molecule has 0 unspecified atom stereocenters. The van der Waals surface area contributed by atoms with Gasteiger partial charge < -0.3 is 10.2 Å². The molecule has 13 heteroatoms. The molecule has 37 heavy (non-hydrogen) atoms. The zero-order valence-electron chi connectivity index (χ0n) is 20.9. The molecule has 0 fully saturated rings. The van der Waals surface area contributed by atoms with E-state index in [-0.39, 0.29) is 18.1 Å². The van der Waals surface area contributed by atoms with Gasteiger partial charge in [0.1, 0.15) is 11.0 Å². The maximum absolute atomic E-state index is 13.7. The SMILES string of the molecule is CC.Cc1nc2c(F)cc(-c3noc(=O)[nH]3)cc2s1.Cc1nc2c(F)cc(C(C)(C)O)cc2s1.O=CO. The zero-order valence-corrected chi connectivity index (χ0v) is 22.6. The van der Waals surface area contributed by atoms with Crippen LogP contribution >= 0.6 is 22.7 Å². The number of carbonyl (C=O) groups is 1. The van der Waals surface area contributed by atoms with Gasteiger partial charge in [0.05, 0.1) is 25.0 Å². The normalized spacial score (nSPS) is 10.6. The number of hydrogen-bond acceptors (Lipinski definition) is 9. The number of fused-ring (bicyclic) bond motifs is 2. The lowest BCUT2D eigenvalue weighted by Crippen LogP contribution is -2.15. The maximum Gasteiger partial charge on any atom is 0.439 e. The Bertz CT molecular complexity index is 1550. The molecule has 2 aromatic carbocycles. The van der Waals surface area contributed by atoms with Gasteiger partial charge in [-0.15, -0.1) is 22.7 Å². The molecular weight excluding hydrogens is 526 g/mol. The van der Waals surface area contributed by atoms with E-state index in [0.29, 0.717) is 26.9 Å². The first-order chi connectivity index (χ1) is 17.4. The average Bonchev–Trinajstić information content (AvgIpc) is 3.53. The lowest BCUT2D eigenvalue weighted by molar-refractivity contribution is -0.122. The molecule has 198 valence electrons. The molecule has 9 nitrogen and oxygen atoms in total. The van der Waals surface area contributed by atoms with E-state index < -0.39 is 17.2 Å². The molecule has 0 aliphatic rings. The molecule has 0 aliphatic heterocycles. The minimum atomic E-state index is -1.02. The van der Waals surface area contributed by atoms with Crippen LogP contribution < -0.4 is 5.76 Å². The smallest absolute Gasteiger partial charge is 0.439 e. The molecule has 0 saturated heterocycles. The number of nitrogens with one attached hydrogen (secondary N) is 1. The highest BCUT2D eigenvalue weighted by Crippen LogP contribution is 2.30. The summed E-state index contributed by atoms with van der Waals surface area (Å²) in [6.45, 7) is 10.7. The lowest BCUT2D eigenvalue weighted by atomic mass is 9.98. The monoisotopic (exact) mass is 552 g/mol. The van der Waals surface area contributed by atoms with E-state index in [4.69, 9.17) is 9.90 Å². The first kappa shape index (κ1) is 29.7. The fourth-order valence-corrected chi connectivity index (χ4v) is 4.81. The van der Waals surface area contributed by atoms with Crippen molar-refractivity contribution in [1.82, 2.24) is 20.1 Å². The summed E-state index contributed by atoms with van der Waals surface area (Å²) < 4.78 is 33.2. The highest BCUT2D eigenvalue weighted by Gasteiger charge is 2.19. The van der Waals surface area contributed by atoms with Gasteiger partial charge in [-0.2, -0.15) is 0 Å². The van der Waals surface area contributed by atoms with Crippen LogP contribution in [0.25, 0.3) is 31.8 Å². The van der Waals surface area contributed by atoms with Crippen LogP contribution in [0.3, 0.4) is 0 Å². The number of halogens is 2. The zero-order chi connectivity index (χ0) is 27.9. The summed E-state index contributed by atoms with van der Waals surface area (Å²) in [5, 5.41) is 21.8. The third-order valence-electron chi connectivity index (χ3n) is 4.53. The Labute approximate surface area is 218 Å². The highest BCUT2D eigenvalue weighted by atomic mass is 32.1. The first-order valence-electron chi connectivity index (χ1n) is 10.9. The van der Waals surface area contributed by atoms with Crippen LogP contribution in [0.5, 0.6) is 0 Å². The summed E-state index contributed by atoms with van der Waals surface area (Å²) in [4.78, 5) is 29.7. The van der Waals surface area contributed by atoms with Crippen LogP contribution in [0.4, 0.5) is 8.78 Å². The van der Waals surface area contributed by atoms with Gasteiger partial charge in [-0.3, -0.25) is 14.3 Å². The number of H-pyrrole nitrogens is 1. The fraction of sp³-hybridized carbons (Fsp3) is 0.292. The van der Waals surface area contributed by atoms with E-state index in [0.717, 1.165) is 14.7 Å². The van der Waals surface area contributed by atoms with E-state index >= 15 is 0 Å². The summed E-state index contributed by atoms with van der Waals surface area (Å²) in [6.07, 6.45) is 0. The Hall–Kier alpha value is -3.55. The number of rotatable bonds is 2. The van der Waals surface area contributed by atoms with Crippen LogP contribution in [0.1, 0.15) is 43.3 Å². The summed E-state index contributed by atoms with van der Waals surface area (Å²) in [5.74, 6) is -1.26. The van der Waals surface area contributed by atoms with E-state index in [2.05, 4.69) is 24.6 Å². The largest absolute Gasteiger partial charge is 0.483 e. The second kappa shape index (κ2) is 12.6. The topological polar surface area (TPSA) is 142 Å². The Morgan fingerprint density at radius 3 is 1.92 bits per heavy atom. The minimum absolute atomic E-state index is 0.210. The fourth-order valence-electron chi connectivity index (χ4n) is 3.04. The number of aromatic amines is 1. The van der Waals surface area contributed by atoms with Gasteiger partial charge in [0.15, 0.2) is 17.5 Å². The minimum Gasteiger partial charge on any atom is -0.483 e. The summed E-state index contributed by atoms with van der Waals surface area (Å²) in [5.41, 5.74) is 0.751. The van der Waals surface area contributed by atoms with Crippen LogP contribution in [-0.4, -0.2) is 36.8 Å². The van der Waals surface area contributed by atoms with Gasteiger partial charge in [0.25, 0.3) is 6.47 Å². The van der Waals surface area contributed by atoms with Crippen LogP contribution in [0.15, 0.2) is 33.6 Å². The van der Waals surface area contributed by atoms with Crippen molar-refractivity contribution in [3.63, 3.8) is 0 Å². The van der Waals surface area contributed by atoms with Gasteiger partial charge in [-0.25, -0.2) is 23.5 Å². The van der Waals surface area contributed by atoms with Crippen LogP contribution in [-0.2, 0) is 10.4 Å². The summed E-state index contributed by atoms with van der Waals surface area (Å²) in [6, 6.07) is 6.14. The van der Waals surface area contributed by atoms with E-state index in [9.17, 15) is 18.7 Å². The van der Waals surface area contributed by atoms with Crippen molar-refractivity contribution in [2.75, 3.05) is 0 Å². The van der Waals surface area contributed by atoms with Crippen molar-refractivity contribution in [2.24, 2.45) is 0 Å². The van der Waals surface area contributed by atoms with Gasteiger partial charge >= 0.3 is 5.76 Å². The molecule has 0 radical (unpaired) electrons. The average molecular weight is 553 g/mol. The van der Waals surface area contributed by atoms with Crippen molar-refractivity contribution in [3.8, 4) is 11.4 Å². The van der Waals surface area contributed by atoms with E-state index in [1.165, 1.54) is 34.8 Å². The number of thiazole rings is 2. The highest BCUT2D eigenvalue weighted by molar-refractivity contribution is 7.18. The van der Waals surface area contributed by atoms with Crippen molar-refractivity contribution >= 4 is 49.6 Å². The standard InChI is InChI=1S/C11H12FNOS.C10H6FN3O2S.C2H6.CH2O2/c1-6-13-10-8(12)4-7(11(2,3)14)5-9(10)15-6;1-4-12-8-6(11)2-5(3-7(8)17-4)9-13-10(15)16-14-9;1-2;2-1-3/h4-5,14H,1-3H3;2-3H,1H3,(H,13,14,15);1-2H3;1H,(H,2,3). The number of nitrogens with zero attached hydrogens (tertiary/aromatic N) is 3. The van der Waals surface area contributed by atoms with Gasteiger partial charge in [-0.05, 0) is 57.5 Å². The number of aliphatic hydroxyl groups is 1. The Morgan fingerprint density at radius 1 is 0.973 bits per heavy atom. The van der Waals surface area contributed by atoms with Gasteiger partial charge in [0.2, 0.25) is 0 Å². The summed E-state index contributed by atoms with van der Waals surface area (Å²) >= 11 is 2.81. The molecule has 5 aromatic rings. The molecule has 0 spiro atoms. The van der Waals surface area contributed by atoms with Crippen LogP contribution in [0, 0.1) is 25.5 Å². The molecule has 3 heterocycles. The number of aromatic nitrogens is 4. The Kier molecular flexibility index (Phi) is 10.1. The molecule has 3 aromatic heterocycles. The van der Waals surface area contributed by atoms with Crippen LogP contribution in [0.2, 0.25) is 0 Å². The predicted molar refractivity (Wildman–Crippen MR) is 140 cm³/mol. The third-order valence-corrected chi connectivity index (χ3v) is 6.37. The van der Waals surface area contributed by atoms with Crippen molar-refractivity contribution in [1.29, 1.82) is 0 Å². The second-order valence-electron chi connectivity index (χ2n) is 7.68. The van der Waals surface area contributed by atoms with E-state index in [1.807, 2.05) is 27.7 Å². The first-order valence-corrected chi connectivity index (χ1v) is 12.6. The number of aryl methyl sites for hydroxylation is 2. The number of carboxylic acid groups (broad SMARTS) is 1. The summed E-state index contributed by atoms with van der Waals surface area (Å²) in [7, 11) is 0.